The molecule has 0 N–H and O–H groups in total. The van der Waals surface area contributed by atoms with Crippen LogP contribution in [0.4, 0.5) is 0 Å². The van der Waals surface area contributed by atoms with Gasteiger partial charge in [-0.05, 0) is 126 Å². The van der Waals surface area contributed by atoms with Crippen molar-refractivity contribution in [3.8, 4) is 106 Å². The second-order valence-electron chi connectivity index (χ2n) is 16.3. The van der Waals surface area contributed by atoms with Gasteiger partial charge >= 0.3 is 0 Å². The molecule has 0 bridgehead atoms. The summed E-state index contributed by atoms with van der Waals surface area (Å²) >= 11 is 7.44. The maximum Gasteiger partial charge on any atom is 0.0449 e. The normalized spacial score (nSPS) is 11.3. The van der Waals surface area contributed by atoms with E-state index in [1.165, 1.54) is 117 Å². The third-order valence-corrected chi connectivity index (χ3v) is 17.2. The molecule has 312 valence electrons. The van der Waals surface area contributed by atoms with E-state index in [4.69, 9.17) is 0 Å². The third kappa shape index (κ3) is 7.68. The number of fused-ring (bicyclic) bond motifs is 1. The first-order valence-corrected chi connectivity index (χ1v) is 25.4. The Labute approximate surface area is 401 Å². The van der Waals surface area contributed by atoms with E-state index in [-0.39, 0.29) is 0 Å². The molecule has 4 heterocycles. The summed E-state index contributed by atoms with van der Waals surface area (Å²) in [5, 5.41) is 2.48. The van der Waals surface area contributed by atoms with E-state index < -0.39 is 0 Å². The molecule has 4 heteroatoms. The second-order valence-corrected chi connectivity index (χ2v) is 20.7. The minimum atomic E-state index is 1.19. The van der Waals surface area contributed by atoms with Crippen LogP contribution >= 0.6 is 45.3 Å². The fraction of sp³-hybridized carbons (Fsp3) is 0. The first-order valence-electron chi connectivity index (χ1n) is 22.1. The van der Waals surface area contributed by atoms with Crippen LogP contribution in [0.3, 0.4) is 0 Å². The SMILES string of the molecule is c1ccc(-c2ccc(-c3ccc(-c4ccc(-c5c(-c6ccc(-c7ccc(-c8ccc(-c9ccccc9)s8)s7)cc6)c(-c6ccccc6)c6ccccc6c5-c5ccccc5)cc4)s3)s2)cc1. The Bertz CT molecular complexity index is 3350. The number of rotatable bonds is 10. The van der Waals surface area contributed by atoms with Crippen LogP contribution in [0.1, 0.15) is 0 Å². The van der Waals surface area contributed by atoms with Gasteiger partial charge in [-0.2, -0.15) is 0 Å². The molecule has 12 rings (SSSR count). The number of hydrogen-bond acceptors (Lipinski definition) is 4. The fourth-order valence-electron chi connectivity index (χ4n) is 9.13. The lowest BCUT2D eigenvalue weighted by Crippen LogP contribution is -1.97. The van der Waals surface area contributed by atoms with E-state index in [9.17, 15) is 0 Å². The molecule has 0 nitrogen and oxygen atoms in total. The van der Waals surface area contributed by atoms with Crippen molar-refractivity contribution in [3.63, 3.8) is 0 Å². The maximum atomic E-state index is 2.34. The summed E-state index contributed by atoms with van der Waals surface area (Å²) in [6.07, 6.45) is 0. The Morgan fingerprint density at radius 1 is 0.152 bits per heavy atom. The van der Waals surface area contributed by atoms with Crippen molar-refractivity contribution in [1.82, 2.24) is 0 Å². The van der Waals surface area contributed by atoms with Crippen LogP contribution in [-0.2, 0) is 0 Å². The van der Waals surface area contributed by atoms with Gasteiger partial charge in [-0.15, -0.1) is 45.3 Å². The predicted molar refractivity (Wildman–Crippen MR) is 290 cm³/mol. The van der Waals surface area contributed by atoms with Crippen molar-refractivity contribution in [2.24, 2.45) is 0 Å². The molecule has 0 spiro atoms. The zero-order valence-electron chi connectivity index (χ0n) is 35.7. The molecular weight excluding hydrogens is 873 g/mol. The molecule has 0 aliphatic carbocycles. The van der Waals surface area contributed by atoms with Gasteiger partial charge in [0.15, 0.2) is 0 Å². The zero-order chi connectivity index (χ0) is 43.8. The van der Waals surface area contributed by atoms with Gasteiger partial charge in [0.05, 0.1) is 0 Å². The molecule has 0 unspecified atom stereocenters. The molecule has 66 heavy (non-hydrogen) atoms. The van der Waals surface area contributed by atoms with Gasteiger partial charge < -0.3 is 0 Å². The lowest BCUT2D eigenvalue weighted by Gasteiger charge is -2.24. The second kappa shape index (κ2) is 17.7. The van der Waals surface area contributed by atoms with Crippen LogP contribution < -0.4 is 0 Å². The standard InChI is InChI=1S/C62H40S4/c1-5-15-41(16-6-1)51-33-37-55(63-51)57-39-35-53(65-57)43-25-29-47(30-26-43)61-59(45-19-9-3-10-20-45)49-23-13-14-24-50(49)60(46-21-11-4-12-22-46)62(61)48-31-27-44(28-32-48)54-36-40-58(66-54)56-38-34-52(64-56)42-17-7-2-8-18-42/h1-40H. The number of benzene rings is 8. The quantitative estimate of drug-likeness (QED) is 0.128. The Morgan fingerprint density at radius 2 is 0.364 bits per heavy atom. The van der Waals surface area contributed by atoms with E-state index in [2.05, 4.69) is 243 Å². The summed E-state index contributed by atoms with van der Waals surface area (Å²) in [4.78, 5) is 10.3. The summed E-state index contributed by atoms with van der Waals surface area (Å²) in [5.74, 6) is 0. The summed E-state index contributed by atoms with van der Waals surface area (Å²) in [6, 6.07) is 89.0. The molecule has 0 saturated carbocycles. The fourth-order valence-corrected chi connectivity index (χ4v) is 13.4. The smallest absolute Gasteiger partial charge is 0.0449 e. The van der Waals surface area contributed by atoms with Gasteiger partial charge in [0.1, 0.15) is 0 Å². The van der Waals surface area contributed by atoms with Crippen molar-refractivity contribution in [2.45, 2.75) is 0 Å². The molecule has 0 aliphatic heterocycles. The summed E-state index contributed by atoms with van der Waals surface area (Å²) in [7, 11) is 0. The summed E-state index contributed by atoms with van der Waals surface area (Å²) < 4.78 is 0. The highest BCUT2D eigenvalue weighted by Crippen LogP contribution is 2.52. The number of hydrogen-bond donors (Lipinski definition) is 0. The van der Waals surface area contributed by atoms with Gasteiger partial charge in [0.2, 0.25) is 0 Å². The molecule has 0 radical (unpaired) electrons. The average Bonchev–Trinajstić information content (AvgIpc) is 4.25. The van der Waals surface area contributed by atoms with Gasteiger partial charge in [0, 0.05) is 39.0 Å². The Kier molecular flexibility index (Phi) is 10.8. The molecule has 0 aliphatic rings. The first-order chi connectivity index (χ1) is 32.7. The van der Waals surface area contributed by atoms with Crippen LogP contribution in [0.25, 0.3) is 117 Å². The van der Waals surface area contributed by atoms with Crippen molar-refractivity contribution >= 4 is 56.1 Å². The lowest BCUT2D eigenvalue weighted by atomic mass is 9.79. The Morgan fingerprint density at radius 3 is 0.667 bits per heavy atom. The minimum Gasteiger partial charge on any atom is -0.134 e. The van der Waals surface area contributed by atoms with E-state index in [1.807, 2.05) is 45.3 Å². The van der Waals surface area contributed by atoms with Crippen molar-refractivity contribution in [2.75, 3.05) is 0 Å². The van der Waals surface area contributed by atoms with Crippen molar-refractivity contribution < 1.29 is 0 Å². The van der Waals surface area contributed by atoms with Crippen LogP contribution in [-0.4, -0.2) is 0 Å². The van der Waals surface area contributed by atoms with E-state index >= 15 is 0 Å². The Hall–Kier alpha value is -7.18. The zero-order valence-corrected chi connectivity index (χ0v) is 39.0. The van der Waals surface area contributed by atoms with E-state index in [1.54, 1.807) is 0 Å². The average molecular weight is 913 g/mol. The highest BCUT2D eigenvalue weighted by Gasteiger charge is 2.24. The topological polar surface area (TPSA) is 0 Å². The third-order valence-electron chi connectivity index (χ3n) is 12.3. The molecular formula is C62H40S4. The minimum absolute atomic E-state index is 1.19. The maximum absolute atomic E-state index is 2.34. The van der Waals surface area contributed by atoms with Crippen LogP contribution in [0.5, 0.6) is 0 Å². The molecule has 0 amide bonds. The molecule has 8 aromatic carbocycles. The van der Waals surface area contributed by atoms with Crippen LogP contribution in [0.2, 0.25) is 0 Å². The largest absolute Gasteiger partial charge is 0.134 e. The Balaban J connectivity index is 0.977. The molecule has 4 aromatic heterocycles. The predicted octanol–water partition coefficient (Wildman–Crippen LogP) is 19.8. The lowest BCUT2D eigenvalue weighted by molar-refractivity contribution is 1.57. The number of thiophene rings is 4. The first kappa shape index (κ1) is 40.3. The van der Waals surface area contributed by atoms with Gasteiger partial charge in [-0.25, -0.2) is 0 Å². The molecule has 12 aromatic rings. The van der Waals surface area contributed by atoms with Gasteiger partial charge in [-0.3, -0.25) is 0 Å². The molecule has 0 atom stereocenters. The highest BCUT2D eigenvalue weighted by atomic mass is 32.1. The van der Waals surface area contributed by atoms with Crippen molar-refractivity contribution in [1.29, 1.82) is 0 Å². The summed E-state index contributed by atoms with van der Waals surface area (Å²) in [6.45, 7) is 0. The van der Waals surface area contributed by atoms with Crippen molar-refractivity contribution in [3.05, 3.63) is 243 Å². The van der Waals surface area contributed by atoms with E-state index in [0.29, 0.717) is 0 Å². The molecule has 0 fully saturated rings. The van der Waals surface area contributed by atoms with Gasteiger partial charge in [0.25, 0.3) is 0 Å². The van der Waals surface area contributed by atoms with Gasteiger partial charge in [-0.1, -0.05) is 194 Å². The summed E-state index contributed by atoms with van der Waals surface area (Å²) in [5.41, 5.74) is 14.7. The van der Waals surface area contributed by atoms with E-state index in [0.717, 1.165) is 0 Å². The van der Waals surface area contributed by atoms with Crippen LogP contribution in [0.15, 0.2) is 243 Å². The van der Waals surface area contributed by atoms with Crippen LogP contribution in [0, 0.1) is 0 Å². The monoisotopic (exact) mass is 912 g/mol. The molecule has 0 saturated heterocycles. The highest BCUT2D eigenvalue weighted by molar-refractivity contribution is 7.25.